The zero-order valence-electron chi connectivity index (χ0n) is 13.4. The van der Waals surface area contributed by atoms with Crippen molar-refractivity contribution in [1.29, 1.82) is 0 Å². The van der Waals surface area contributed by atoms with E-state index < -0.39 is 17.5 Å². The Kier molecular flexibility index (Phi) is 4.83. The van der Waals surface area contributed by atoms with E-state index in [9.17, 15) is 13.6 Å². The predicted octanol–water partition coefficient (Wildman–Crippen LogP) is 3.30. The highest BCUT2D eigenvalue weighted by molar-refractivity contribution is 5.94. The summed E-state index contributed by atoms with van der Waals surface area (Å²) in [5, 5.41) is 6.50. The zero-order chi connectivity index (χ0) is 17.8. The molecule has 5 nitrogen and oxygen atoms in total. The summed E-state index contributed by atoms with van der Waals surface area (Å²) < 4.78 is 31.1. The summed E-state index contributed by atoms with van der Waals surface area (Å²) in [6, 6.07) is 10.7. The second-order valence-corrected chi connectivity index (χ2v) is 5.51. The molecule has 1 N–H and O–H groups in total. The Labute approximate surface area is 142 Å². The number of aromatic nitrogens is 2. The molecule has 1 amide bonds. The van der Waals surface area contributed by atoms with E-state index in [-0.39, 0.29) is 12.1 Å². The SMILES string of the molecule is Cc1ccc(-c2noc(CCNC(=O)c3ccc(F)c(F)c3)n2)cc1. The van der Waals surface area contributed by atoms with Crippen molar-refractivity contribution in [2.45, 2.75) is 13.3 Å². The van der Waals surface area contributed by atoms with Crippen LogP contribution in [0.15, 0.2) is 47.0 Å². The number of halogens is 2. The van der Waals surface area contributed by atoms with Gasteiger partial charge in [0.1, 0.15) is 0 Å². The van der Waals surface area contributed by atoms with Gasteiger partial charge < -0.3 is 9.84 Å². The van der Waals surface area contributed by atoms with Crippen LogP contribution >= 0.6 is 0 Å². The molecule has 1 heterocycles. The van der Waals surface area contributed by atoms with Crippen molar-refractivity contribution in [3.8, 4) is 11.4 Å². The smallest absolute Gasteiger partial charge is 0.251 e. The maximum Gasteiger partial charge on any atom is 0.251 e. The first-order chi connectivity index (χ1) is 12.0. The molecule has 25 heavy (non-hydrogen) atoms. The summed E-state index contributed by atoms with van der Waals surface area (Å²) in [5.74, 6) is -1.71. The third-order valence-electron chi connectivity index (χ3n) is 3.58. The maximum absolute atomic E-state index is 13.1. The summed E-state index contributed by atoms with van der Waals surface area (Å²) in [7, 11) is 0. The lowest BCUT2D eigenvalue weighted by molar-refractivity contribution is 0.0953. The topological polar surface area (TPSA) is 68.0 Å². The van der Waals surface area contributed by atoms with E-state index in [1.807, 2.05) is 31.2 Å². The van der Waals surface area contributed by atoms with Gasteiger partial charge >= 0.3 is 0 Å². The van der Waals surface area contributed by atoms with E-state index in [2.05, 4.69) is 15.5 Å². The first-order valence-electron chi connectivity index (χ1n) is 7.66. The largest absolute Gasteiger partial charge is 0.352 e. The van der Waals surface area contributed by atoms with Gasteiger partial charge in [0.25, 0.3) is 5.91 Å². The number of amides is 1. The van der Waals surface area contributed by atoms with Gasteiger partial charge in [-0.2, -0.15) is 4.98 Å². The van der Waals surface area contributed by atoms with Crippen molar-refractivity contribution in [2.75, 3.05) is 6.54 Å². The Hall–Kier alpha value is -3.09. The molecule has 0 aliphatic carbocycles. The van der Waals surface area contributed by atoms with Gasteiger partial charge in [-0.05, 0) is 25.1 Å². The fourth-order valence-corrected chi connectivity index (χ4v) is 2.20. The van der Waals surface area contributed by atoms with Gasteiger partial charge in [0.2, 0.25) is 11.7 Å². The molecule has 7 heteroatoms. The summed E-state index contributed by atoms with van der Waals surface area (Å²) in [5.41, 5.74) is 2.02. The van der Waals surface area contributed by atoms with Crippen molar-refractivity contribution in [1.82, 2.24) is 15.5 Å². The molecular weight excluding hydrogens is 328 g/mol. The van der Waals surface area contributed by atoms with Crippen molar-refractivity contribution in [3.05, 3.63) is 71.1 Å². The van der Waals surface area contributed by atoms with Crippen molar-refractivity contribution in [3.63, 3.8) is 0 Å². The van der Waals surface area contributed by atoms with Gasteiger partial charge in [-0.3, -0.25) is 4.79 Å². The Balaban J connectivity index is 1.56. The average Bonchev–Trinajstić information content (AvgIpc) is 3.06. The van der Waals surface area contributed by atoms with E-state index in [1.165, 1.54) is 6.07 Å². The highest BCUT2D eigenvalue weighted by atomic mass is 19.2. The van der Waals surface area contributed by atoms with E-state index in [4.69, 9.17) is 4.52 Å². The first kappa shape index (κ1) is 16.8. The molecule has 0 bridgehead atoms. The minimum atomic E-state index is -1.06. The molecule has 0 saturated heterocycles. The number of hydrogen-bond acceptors (Lipinski definition) is 4. The van der Waals surface area contributed by atoms with Crippen molar-refractivity contribution >= 4 is 5.91 Å². The fraction of sp³-hybridized carbons (Fsp3) is 0.167. The molecule has 0 radical (unpaired) electrons. The number of rotatable bonds is 5. The van der Waals surface area contributed by atoms with Crippen LogP contribution in [0.25, 0.3) is 11.4 Å². The van der Waals surface area contributed by atoms with Crippen LogP contribution in [0.3, 0.4) is 0 Å². The van der Waals surface area contributed by atoms with Crippen LogP contribution in [-0.2, 0) is 6.42 Å². The summed E-state index contributed by atoms with van der Waals surface area (Å²) in [4.78, 5) is 16.2. The van der Waals surface area contributed by atoms with Crippen LogP contribution in [-0.4, -0.2) is 22.6 Å². The molecule has 0 fully saturated rings. The lowest BCUT2D eigenvalue weighted by Gasteiger charge is -2.03. The highest BCUT2D eigenvalue weighted by Gasteiger charge is 2.11. The van der Waals surface area contributed by atoms with Gasteiger partial charge in [-0.15, -0.1) is 0 Å². The van der Waals surface area contributed by atoms with Gasteiger partial charge in [-0.25, -0.2) is 8.78 Å². The Morgan fingerprint density at radius 2 is 1.88 bits per heavy atom. The molecular formula is C18H15F2N3O2. The quantitative estimate of drug-likeness (QED) is 0.772. The normalized spacial score (nSPS) is 10.7. The minimum absolute atomic E-state index is 0.0461. The Morgan fingerprint density at radius 1 is 1.12 bits per heavy atom. The molecule has 128 valence electrons. The summed E-state index contributed by atoms with van der Waals surface area (Å²) in [6.07, 6.45) is 0.328. The first-order valence-corrected chi connectivity index (χ1v) is 7.66. The Bertz CT molecular complexity index is 892. The van der Waals surface area contributed by atoms with Crippen LogP contribution in [0.2, 0.25) is 0 Å². The summed E-state index contributed by atoms with van der Waals surface area (Å²) >= 11 is 0. The third kappa shape index (κ3) is 4.06. The Morgan fingerprint density at radius 3 is 2.60 bits per heavy atom. The summed E-state index contributed by atoms with van der Waals surface area (Å²) in [6.45, 7) is 2.22. The number of carbonyl (C=O) groups is 1. The second kappa shape index (κ2) is 7.21. The predicted molar refractivity (Wildman–Crippen MR) is 86.9 cm³/mol. The van der Waals surface area contributed by atoms with Crippen molar-refractivity contribution in [2.24, 2.45) is 0 Å². The third-order valence-corrected chi connectivity index (χ3v) is 3.58. The maximum atomic E-state index is 13.1. The molecule has 3 rings (SSSR count). The molecule has 0 aliphatic rings. The molecule has 1 aromatic heterocycles. The standard InChI is InChI=1S/C18H15F2N3O2/c1-11-2-4-12(5-3-11)17-22-16(25-23-17)8-9-21-18(24)13-6-7-14(19)15(20)10-13/h2-7,10H,8-9H2,1H3,(H,21,24). The van der Waals surface area contributed by atoms with Crippen LogP contribution < -0.4 is 5.32 Å². The zero-order valence-corrected chi connectivity index (χ0v) is 13.4. The molecule has 3 aromatic rings. The van der Waals surface area contributed by atoms with Gasteiger partial charge in [0.15, 0.2) is 11.6 Å². The van der Waals surface area contributed by atoms with Crippen molar-refractivity contribution < 1.29 is 18.1 Å². The lowest BCUT2D eigenvalue weighted by Crippen LogP contribution is -2.25. The van der Waals surface area contributed by atoms with E-state index in [0.29, 0.717) is 18.1 Å². The van der Waals surface area contributed by atoms with Gasteiger partial charge in [0, 0.05) is 24.1 Å². The monoisotopic (exact) mass is 343 g/mol. The van der Waals surface area contributed by atoms with E-state index >= 15 is 0 Å². The molecule has 0 spiro atoms. The van der Waals surface area contributed by atoms with Crippen LogP contribution in [0.1, 0.15) is 21.8 Å². The van der Waals surface area contributed by atoms with Gasteiger partial charge in [0.05, 0.1) is 0 Å². The van der Waals surface area contributed by atoms with Crippen LogP contribution in [0.4, 0.5) is 8.78 Å². The van der Waals surface area contributed by atoms with E-state index in [1.54, 1.807) is 0 Å². The highest BCUT2D eigenvalue weighted by Crippen LogP contribution is 2.16. The minimum Gasteiger partial charge on any atom is -0.352 e. The number of nitrogens with zero attached hydrogens (tertiary/aromatic N) is 2. The lowest BCUT2D eigenvalue weighted by atomic mass is 10.1. The molecule has 0 aliphatic heterocycles. The van der Waals surface area contributed by atoms with Gasteiger partial charge in [-0.1, -0.05) is 35.0 Å². The second-order valence-electron chi connectivity index (χ2n) is 5.51. The number of nitrogens with one attached hydrogen (secondary N) is 1. The molecule has 0 unspecified atom stereocenters. The van der Waals surface area contributed by atoms with Crippen LogP contribution in [0.5, 0.6) is 0 Å². The molecule has 2 aromatic carbocycles. The molecule has 0 saturated carbocycles. The average molecular weight is 343 g/mol. The number of aryl methyl sites for hydroxylation is 1. The number of carbonyl (C=O) groups excluding carboxylic acids is 1. The molecule has 0 atom stereocenters. The fourth-order valence-electron chi connectivity index (χ4n) is 2.20. The van der Waals surface area contributed by atoms with E-state index in [0.717, 1.165) is 23.3 Å². The number of benzene rings is 2. The van der Waals surface area contributed by atoms with Crippen LogP contribution in [0, 0.1) is 18.6 Å². The number of hydrogen-bond donors (Lipinski definition) is 1.